The van der Waals surface area contributed by atoms with Gasteiger partial charge in [0.05, 0.1) is 6.61 Å². The first-order valence-corrected chi connectivity index (χ1v) is 7.41. The Kier molecular flexibility index (Phi) is 8.20. The number of hydrogen-bond donors (Lipinski definition) is 1. The van der Waals surface area contributed by atoms with Crippen molar-refractivity contribution in [2.24, 2.45) is 5.73 Å². The molecule has 0 spiro atoms. The van der Waals surface area contributed by atoms with Crippen LogP contribution in [0.2, 0.25) is 0 Å². The van der Waals surface area contributed by atoms with Gasteiger partial charge in [0, 0.05) is 5.56 Å². The van der Waals surface area contributed by atoms with E-state index in [1.807, 2.05) is 6.07 Å². The fourth-order valence-corrected chi connectivity index (χ4v) is 1.85. The number of rotatable bonds is 10. The zero-order chi connectivity index (χ0) is 14.6. The summed E-state index contributed by atoms with van der Waals surface area (Å²) in [4.78, 5) is 11.0. The minimum absolute atomic E-state index is 0.423. The number of unbranched alkanes of at least 4 members (excludes halogenated alkanes) is 4. The maximum Gasteiger partial charge on any atom is 0.248 e. The zero-order valence-electron chi connectivity index (χ0n) is 12.3. The van der Waals surface area contributed by atoms with Crippen LogP contribution in [-0.4, -0.2) is 12.5 Å². The second-order valence-electron chi connectivity index (χ2n) is 4.85. The number of nitrogens with two attached hydrogens (primary N) is 1. The van der Waals surface area contributed by atoms with E-state index in [9.17, 15) is 4.79 Å². The quantitative estimate of drug-likeness (QED) is 0.516. The largest absolute Gasteiger partial charge is 0.494 e. The molecule has 1 aromatic carbocycles. The fourth-order valence-electron chi connectivity index (χ4n) is 1.85. The van der Waals surface area contributed by atoms with E-state index in [4.69, 9.17) is 10.5 Å². The van der Waals surface area contributed by atoms with E-state index < -0.39 is 5.91 Å². The molecule has 0 aromatic heterocycles. The van der Waals surface area contributed by atoms with Gasteiger partial charge in [-0.05, 0) is 43.9 Å². The summed E-state index contributed by atoms with van der Waals surface area (Å²) in [6.07, 6.45) is 11.5. The molecule has 0 fully saturated rings. The summed E-state index contributed by atoms with van der Waals surface area (Å²) in [5, 5.41) is 0. The Morgan fingerprint density at radius 2 is 1.95 bits per heavy atom. The van der Waals surface area contributed by atoms with Crippen LogP contribution in [0, 0.1) is 0 Å². The molecular weight excluding hydrogens is 250 g/mol. The molecule has 0 atom stereocenters. The number of ether oxygens (including phenoxy) is 1. The van der Waals surface area contributed by atoms with Crippen LogP contribution in [-0.2, 0) is 0 Å². The lowest BCUT2D eigenvalue weighted by Gasteiger charge is -2.06. The van der Waals surface area contributed by atoms with Crippen LogP contribution in [0.25, 0.3) is 0 Å². The lowest BCUT2D eigenvalue weighted by Crippen LogP contribution is -2.10. The third-order valence-electron chi connectivity index (χ3n) is 3.04. The Bertz CT molecular complexity index is 427. The highest BCUT2D eigenvalue weighted by Crippen LogP contribution is 2.13. The third kappa shape index (κ3) is 6.98. The number of carbonyl (C=O) groups is 1. The van der Waals surface area contributed by atoms with E-state index in [-0.39, 0.29) is 0 Å². The van der Waals surface area contributed by atoms with Gasteiger partial charge in [0.2, 0.25) is 5.91 Å². The monoisotopic (exact) mass is 275 g/mol. The van der Waals surface area contributed by atoms with Gasteiger partial charge in [-0.3, -0.25) is 4.79 Å². The number of carbonyl (C=O) groups excluding carboxylic acids is 1. The number of allylic oxidation sites excluding steroid dienone is 2. The van der Waals surface area contributed by atoms with E-state index >= 15 is 0 Å². The average molecular weight is 275 g/mol. The van der Waals surface area contributed by atoms with Crippen molar-refractivity contribution in [2.75, 3.05) is 6.61 Å². The molecule has 0 saturated carbocycles. The summed E-state index contributed by atoms with van der Waals surface area (Å²) < 4.78 is 5.61. The normalized spacial score (nSPS) is 10.8. The first-order valence-electron chi connectivity index (χ1n) is 7.41. The summed E-state index contributed by atoms with van der Waals surface area (Å²) in [5.74, 6) is 0.285. The molecule has 0 aliphatic carbocycles. The third-order valence-corrected chi connectivity index (χ3v) is 3.04. The summed E-state index contributed by atoms with van der Waals surface area (Å²) in [5.41, 5.74) is 5.71. The second kappa shape index (κ2) is 10.1. The molecule has 0 unspecified atom stereocenters. The number of hydrogen-bond acceptors (Lipinski definition) is 2. The van der Waals surface area contributed by atoms with Crippen LogP contribution < -0.4 is 10.5 Å². The molecule has 110 valence electrons. The number of primary amides is 1. The number of amides is 1. The SMILES string of the molecule is CCCC/C=C\CCCCOc1cccc(C(N)=O)c1. The highest BCUT2D eigenvalue weighted by molar-refractivity contribution is 5.93. The zero-order valence-corrected chi connectivity index (χ0v) is 12.3. The molecule has 1 aromatic rings. The van der Waals surface area contributed by atoms with Crippen molar-refractivity contribution in [2.45, 2.75) is 45.4 Å². The van der Waals surface area contributed by atoms with Crippen LogP contribution in [0.15, 0.2) is 36.4 Å². The van der Waals surface area contributed by atoms with Gasteiger partial charge in [0.1, 0.15) is 5.75 Å². The Labute approximate surface area is 121 Å². The van der Waals surface area contributed by atoms with Crippen molar-refractivity contribution in [1.29, 1.82) is 0 Å². The van der Waals surface area contributed by atoms with Gasteiger partial charge in [-0.15, -0.1) is 0 Å². The van der Waals surface area contributed by atoms with Gasteiger partial charge < -0.3 is 10.5 Å². The summed E-state index contributed by atoms with van der Waals surface area (Å²) >= 11 is 0. The maximum absolute atomic E-state index is 11.0. The fraction of sp³-hybridized carbons (Fsp3) is 0.471. The first kappa shape index (κ1) is 16.3. The predicted octanol–water partition coefficient (Wildman–Crippen LogP) is 4.08. The Morgan fingerprint density at radius 3 is 2.65 bits per heavy atom. The minimum Gasteiger partial charge on any atom is -0.494 e. The highest BCUT2D eigenvalue weighted by atomic mass is 16.5. The van der Waals surface area contributed by atoms with Crippen LogP contribution in [0.3, 0.4) is 0 Å². The van der Waals surface area contributed by atoms with Gasteiger partial charge >= 0.3 is 0 Å². The van der Waals surface area contributed by atoms with E-state index in [0.29, 0.717) is 17.9 Å². The summed E-state index contributed by atoms with van der Waals surface area (Å²) in [6, 6.07) is 7.01. The van der Waals surface area contributed by atoms with Gasteiger partial charge in [-0.2, -0.15) is 0 Å². The van der Waals surface area contributed by atoms with Crippen molar-refractivity contribution in [1.82, 2.24) is 0 Å². The van der Waals surface area contributed by atoms with Crippen molar-refractivity contribution in [3.8, 4) is 5.75 Å². The van der Waals surface area contributed by atoms with Crippen LogP contribution >= 0.6 is 0 Å². The molecule has 1 amide bonds. The molecule has 0 aliphatic heterocycles. The first-order chi connectivity index (χ1) is 9.74. The molecule has 3 nitrogen and oxygen atoms in total. The Morgan fingerprint density at radius 1 is 1.20 bits per heavy atom. The second-order valence-corrected chi connectivity index (χ2v) is 4.85. The maximum atomic E-state index is 11.0. The van der Waals surface area contributed by atoms with Crippen LogP contribution in [0.5, 0.6) is 5.75 Å². The Balaban J connectivity index is 2.13. The van der Waals surface area contributed by atoms with Crippen molar-refractivity contribution in [3.05, 3.63) is 42.0 Å². The smallest absolute Gasteiger partial charge is 0.248 e. The molecule has 0 radical (unpaired) electrons. The standard InChI is InChI=1S/C17H25NO2/c1-2-3-4-5-6-7-8-9-13-20-16-12-10-11-15(14-16)17(18)19/h5-6,10-12,14H,2-4,7-9,13H2,1H3,(H2,18,19)/b6-5-. The van der Waals surface area contributed by atoms with Crippen LogP contribution in [0.1, 0.15) is 55.8 Å². The van der Waals surface area contributed by atoms with Crippen molar-refractivity contribution >= 4 is 5.91 Å². The molecule has 1 rings (SSSR count). The van der Waals surface area contributed by atoms with E-state index in [2.05, 4.69) is 19.1 Å². The molecule has 3 heteroatoms. The molecule has 0 bridgehead atoms. The van der Waals surface area contributed by atoms with Crippen molar-refractivity contribution in [3.63, 3.8) is 0 Å². The van der Waals surface area contributed by atoms with Gasteiger partial charge in [0.25, 0.3) is 0 Å². The summed E-state index contributed by atoms with van der Waals surface area (Å²) in [7, 11) is 0. The molecule has 20 heavy (non-hydrogen) atoms. The minimum atomic E-state index is -0.423. The predicted molar refractivity (Wildman–Crippen MR) is 83.0 cm³/mol. The van der Waals surface area contributed by atoms with E-state index in [1.54, 1.807) is 18.2 Å². The topological polar surface area (TPSA) is 52.3 Å². The lowest BCUT2D eigenvalue weighted by atomic mass is 10.2. The Hall–Kier alpha value is -1.77. The van der Waals surface area contributed by atoms with Gasteiger partial charge in [-0.25, -0.2) is 0 Å². The average Bonchev–Trinajstić information content (AvgIpc) is 2.46. The van der Waals surface area contributed by atoms with Gasteiger partial charge in [0.15, 0.2) is 0 Å². The molecule has 2 N–H and O–H groups in total. The molecule has 0 saturated heterocycles. The van der Waals surface area contributed by atoms with E-state index in [0.717, 1.165) is 19.3 Å². The molecular formula is C17H25NO2. The van der Waals surface area contributed by atoms with Crippen molar-refractivity contribution < 1.29 is 9.53 Å². The van der Waals surface area contributed by atoms with E-state index in [1.165, 1.54) is 19.3 Å². The lowest BCUT2D eigenvalue weighted by molar-refractivity contribution is 0.1000. The van der Waals surface area contributed by atoms with Crippen LogP contribution in [0.4, 0.5) is 0 Å². The molecule has 0 heterocycles. The molecule has 0 aliphatic rings. The highest BCUT2D eigenvalue weighted by Gasteiger charge is 2.01. The van der Waals surface area contributed by atoms with Gasteiger partial charge in [-0.1, -0.05) is 38.0 Å². The number of benzene rings is 1. The summed E-state index contributed by atoms with van der Waals surface area (Å²) in [6.45, 7) is 2.88.